The first-order chi connectivity index (χ1) is 6.13. The average Bonchev–Trinajstić information content (AvgIpc) is 1.80. The lowest BCUT2D eigenvalue weighted by molar-refractivity contribution is -0.140. The highest BCUT2D eigenvalue weighted by atomic mass is 31.2. The van der Waals surface area contributed by atoms with Crippen LogP contribution in [0.5, 0.6) is 0 Å². The molecule has 0 aromatic heterocycles. The number of carbonyl (C=O) groups is 1. The van der Waals surface area contributed by atoms with Crippen molar-refractivity contribution in [2.45, 2.75) is 13.8 Å². The molecule has 14 heavy (non-hydrogen) atoms. The van der Waals surface area contributed by atoms with Gasteiger partial charge in [0, 0.05) is 0 Å². The number of carboxylic acids is 1. The number of hydrogen-bond acceptors (Lipinski definition) is 3. The maximum absolute atomic E-state index is 9.83. The largest absolute Gasteiger partial charge is 0.490 e. The highest BCUT2D eigenvalue weighted by Crippen LogP contribution is 2.25. The standard InChI is InChI=1S/C6H10O3.H3O4P/c1-5(2)3-9-4-6(7)8;1-5(2,3)4/h3H,4H2,1-2H3,(H,7,8);(H3,1,2,3,4). The minimum absolute atomic E-state index is 0.259. The Balaban J connectivity index is 0. The molecule has 8 heteroatoms. The van der Waals surface area contributed by atoms with E-state index in [0.717, 1.165) is 5.57 Å². The summed E-state index contributed by atoms with van der Waals surface area (Å²) in [5.74, 6) is -0.951. The summed E-state index contributed by atoms with van der Waals surface area (Å²) in [5.41, 5.74) is 0.955. The molecule has 0 amide bonds. The lowest BCUT2D eigenvalue weighted by Crippen LogP contribution is -2.02. The van der Waals surface area contributed by atoms with Gasteiger partial charge in [-0.1, -0.05) is 0 Å². The Hall–Kier alpha value is -0.880. The highest BCUT2D eigenvalue weighted by molar-refractivity contribution is 7.45. The van der Waals surface area contributed by atoms with Crippen LogP contribution in [0.2, 0.25) is 0 Å². The smallest absolute Gasteiger partial charge is 0.466 e. The summed E-state index contributed by atoms with van der Waals surface area (Å²) in [6.07, 6.45) is 1.42. The van der Waals surface area contributed by atoms with Gasteiger partial charge in [0.15, 0.2) is 6.61 Å². The summed E-state index contributed by atoms with van der Waals surface area (Å²) in [6, 6.07) is 0. The Morgan fingerprint density at radius 1 is 1.36 bits per heavy atom. The summed E-state index contributed by atoms with van der Waals surface area (Å²) < 4.78 is 13.5. The lowest BCUT2D eigenvalue weighted by Gasteiger charge is -1.93. The van der Waals surface area contributed by atoms with Gasteiger partial charge in [-0.3, -0.25) is 0 Å². The maximum Gasteiger partial charge on any atom is 0.466 e. The average molecular weight is 228 g/mol. The molecule has 0 aliphatic heterocycles. The van der Waals surface area contributed by atoms with Crippen molar-refractivity contribution in [3.63, 3.8) is 0 Å². The first-order valence-corrected chi connectivity index (χ1v) is 4.94. The fourth-order valence-electron chi connectivity index (χ4n) is 0.280. The SMILES string of the molecule is CC(C)=COCC(=O)O.O=P(O)(O)O. The zero-order valence-corrected chi connectivity index (χ0v) is 8.64. The van der Waals surface area contributed by atoms with Crippen LogP contribution in [0.4, 0.5) is 0 Å². The molecular formula is C6H13O7P. The van der Waals surface area contributed by atoms with Gasteiger partial charge >= 0.3 is 13.8 Å². The molecule has 0 aromatic rings. The van der Waals surface area contributed by atoms with Crippen LogP contribution in [-0.2, 0) is 14.1 Å². The van der Waals surface area contributed by atoms with E-state index in [2.05, 4.69) is 4.74 Å². The molecule has 0 saturated heterocycles. The maximum atomic E-state index is 9.83. The van der Waals surface area contributed by atoms with Gasteiger partial charge in [0.2, 0.25) is 0 Å². The minimum Gasteiger partial charge on any atom is -0.490 e. The molecule has 0 radical (unpaired) electrons. The van der Waals surface area contributed by atoms with Crippen LogP contribution in [-0.4, -0.2) is 32.4 Å². The van der Waals surface area contributed by atoms with Crippen LogP contribution in [0.3, 0.4) is 0 Å². The fourth-order valence-corrected chi connectivity index (χ4v) is 0.280. The van der Waals surface area contributed by atoms with Crippen LogP contribution in [0.15, 0.2) is 11.8 Å². The topological polar surface area (TPSA) is 124 Å². The Kier molecular flexibility index (Phi) is 8.37. The van der Waals surface area contributed by atoms with Gasteiger partial charge in [0.1, 0.15) is 0 Å². The normalized spacial score (nSPS) is 9.50. The van der Waals surface area contributed by atoms with E-state index < -0.39 is 13.8 Å². The zero-order chi connectivity index (χ0) is 11.8. The predicted molar refractivity (Wildman–Crippen MR) is 47.3 cm³/mol. The van der Waals surface area contributed by atoms with E-state index in [1.54, 1.807) is 0 Å². The van der Waals surface area contributed by atoms with Crippen LogP contribution >= 0.6 is 7.82 Å². The molecule has 84 valence electrons. The Bertz CT molecular complexity index is 228. The third-order valence-electron chi connectivity index (χ3n) is 0.526. The van der Waals surface area contributed by atoms with Gasteiger partial charge in [-0.25, -0.2) is 9.36 Å². The van der Waals surface area contributed by atoms with E-state index in [9.17, 15) is 4.79 Å². The Labute approximate surface area is 80.9 Å². The van der Waals surface area contributed by atoms with Crippen molar-refractivity contribution in [1.29, 1.82) is 0 Å². The van der Waals surface area contributed by atoms with Gasteiger partial charge in [0.25, 0.3) is 0 Å². The number of aliphatic carboxylic acids is 1. The molecule has 0 rings (SSSR count). The molecule has 0 saturated carbocycles. The van der Waals surface area contributed by atoms with Crippen LogP contribution < -0.4 is 0 Å². The van der Waals surface area contributed by atoms with Gasteiger partial charge in [-0.2, -0.15) is 0 Å². The summed E-state index contributed by atoms with van der Waals surface area (Å²) in [7, 11) is -4.64. The first-order valence-electron chi connectivity index (χ1n) is 3.38. The van der Waals surface area contributed by atoms with E-state index >= 15 is 0 Å². The molecule has 0 bridgehead atoms. The zero-order valence-electron chi connectivity index (χ0n) is 7.75. The summed E-state index contributed by atoms with van der Waals surface area (Å²) >= 11 is 0. The fraction of sp³-hybridized carbons (Fsp3) is 0.500. The van der Waals surface area contributed by atoms with Crippen molar-refractivity contribution >= 4 is 13.8 Å². The van der Waals surface area contributed by atoms with Crippen molar-refractivity contribution in [3.8, 4) is 0 Å². The van der Waals surface area contributed by atoms with Crippen molar-refractivity contribution < 1.29 is 33.9 Å². The van der Waals surface area contributed by atoms with E-state index in [0.29, 0.717) is 0 Å². The quantitative estimate of drug-likeness (QED) is 0.398. The monoisotopic (exact) mass is 228 g/mol. The van der Waals surface area contributed by atoms with Crippen molar-refractivity contribution in [2.75, 3.05) is 6.61 Å². The first kappa shape index (κ1) is 15.6. The van der Waals surface area contributed by atoms with Crippen molar-refractivity contribution in [3.05, 3.63) is 11.8 Å². The van der Waals surface area contributed by atoms with Crippen LogP contribution in [0, 0.1) is 0 Å². The van der Waals surface area contributed by atoms with Crippen LogP contribution in [0.25, 0.3) is 0 Å². The van der Waals surface area contributed by atoms with E-state index in [-0.39, 0.29) is 6.61 Å². The van der Waals surface area contributed by atoms with Crippen LogP contribution in [0.1, 0.15) is 13.8 Å². The molecular weight excluding hydrogens is 215 g/mol. The second-order valence-corrected chi connectivity index (χ2v) is 3.44. The molecule has 0 aromatic carbocycles. The Morgan fingerprint density at radius 2 is 1.71 bits per heavy atom. The van der Waals surface area contributed by atoms with E-state index in [4.69, 9.17) is 24.4 Å². The number of carboxylic acid groups (broad SMARTS) is 1. The van der Waals surface area contributed by atoms with Gasteiger partial charge < -0.3 is 24.5 Å². The second kappa shape index (κ2) is 7.52. The molecule has 0 aliphatic carbocycles. The third-order valence-corrected chi connectivity index (χ3v) is 0.526. The number of ether oxygens (including phenoxy) is 1. The molecule has 0 heterocycles. The lowest BCUT2D eigenvalue weighted by atomic mass is 10.4. The Morgan fingerprint density at radius 3 is 1.93 bits per heavy atom. The summed E-state index contributed by atoms with van der Waals surface area (Å²) in [6.45, 7) is 3.41. The van der Waals surface area contributed by atoms with E-state index in [1.807, 2.05) is 13.8 Å². The van der Waals surface area contributed by atoms with Gasteiger partial charge in [0.05, 0.1) is 6.26 Å². The summed E-state index contributed by atoms with van der Waals surface area (Å²) in [5, 5.41) is 8.07. The number of phosphoric acid groups is 1. The number of hydrogen-bond donors (Lipinski definition) is 4. The highest BCUT2D eigenvalue weighted by Gasteiger charge is 2.00. The van der Waals surface area contributed by atoms with Gasteiger partial charge in [-0.15, -0.1) is 0 Å². The third kappa shape index (κ3) is 43.4. The minimum atomic E-state index is -4.64. The van der Waals surface area contributed by atoms with Gasteiger partial charge in [-0.05, 0) is 19.4 Å². The molecule has 0 fully saturated rings. The van der Waals surface area contributed by atoms with Crippen molar-refractivity contribution in [2.24, 2.45) is 0 Å². The predicted octanol–water partition coefficient (Wildman–Crippen LogP) is 0.0827. The second-order valence-electron chi connectivity index (χ2n) is 2.41. The molecule has 4 N–H and O–H groups in total. The van der Waals surface area contributed by atoms with Crippen molar-refractivity contribution in [1.82, 2.24) is 0 Å². The molecule has 0 unspecified atom stereocenters. The number of rotatable bonds is 3. The summed E-state index contributed by atoms with van der Waals surface area (Å²) in [4.78, 5) is 31.4. The molecule has 0 aliphatic rings. The van der Waals surface area contributed by atoms with E-state index in [1.165, 1.54) is 6.26 Å². The molecule has 0 atom stereocenters. The number of allylic oxidation sites excluding steroid dienone is 1. The molecule has 7 nitrogen and oxygen atoms in total. The molecule has 0 spiro atoms.